The van der Waals surface area contributed by atoms with E-state index in [9.17, 15) is 0 Å². The minimum Gasteiger partial charge on any atom is -0.339 e. The molecule has 5 nitrogen and oxygen atoms in total. The van der Waals surface area contributed by atoms with E-state index in [4.69, 9.17) is 4.98 Å². The Labute approximate surface area is 150 Å². The predicted molar refractivity (Wildman–Crippen MR) is 102 cm³/mol. The monoisotopic (exact) mass is 339 g/mol. The molecule has 1 N–H and O–H groups in total. The first-order chi connectivity index (χ1) is 12.4. The molecule has 1 aromatic heterocycles. The number of nitrogens with zero attached hydrogens (tertiary/aromatic N) is 4. The summed E-state index contributed by atoms with van der Waals surface area (Å²) in [5.41, 5.74) is 2.21. The van der Waals surface area contributed by atoms with Gasteiger partial charge in [0, 0.05) is 51.4 Å². The van der Waals surface area contributed by atoms with Crippen LogP contribution in [0.25, 0.3) is 11.0 Å². The third-order valence-corrected chi connectivity index (χ3v) is 6.50. The summed E-state index contributed by atoms with van der Waals surface area (Å²) < 4.78 is 0. The molecule has 1 aliphatic carbocycles. The summed E-state index contributed by atoms with van der Waals surface area (Å²) >= 11 is 0. The van der Waals surface area contributed by atoms with Crippen LogP contribution in [0.4, 0.5) is 5.95 Å². The van der Waals surface area contributed by atoms with Crippen LogP contribution in [0.1, 0.15) is 32.1 Å². The molecule has 0 unspecified atom stereocenters. The van der Waals surface area contributed by atoms with Crippen LogP contribution in [0, 0.1) is 0 Å². The number of hydrogen-bond donors (Lipinski definition) is 1. The van der Waals surface area contributed by atoms with E-state index in [-0.39, 0.29) is 0 Å². The maximum atomic E-state index is 4.73. The summed E-state index contributed by atoms with van der Waals surface area (Å²) in [6.45, 7) is 7.26. The zero-order valence-corrected chi connectivity index (χ0v) is 15.0. The third-order valence-electron chi connectivity index (χ3n) is 6.50. The fourth-order valence-electron chi connectivity index (χ4n) is 4.86. The molecule has 2 aromatic rings. The van der Waals surface area contributed by atoms with Gasteiger partial charge in [0.25, 0.3) is 0 Å². The van der Waals surface area contributed by atoms with E-state index in [1.54, 1.807) is 0 Å². The SMILES string of the molecule is c1ccc2[nH]c(N3CC(N4CCN(C5CCCCC5)CC4)C3)nc2c1. The minimum absolute atomic E-state index is 0.710. The summed E-state index contributed by atoms with van der Waals surface area (Å²) in [7, 11) is 0. The minimum atomic E-state index is 0.710. The number of aromatic nitrogens is 2. The molecule has 5 heteroatoms. The second kappa shape index (κ2) is 6.61. The first-order valence-electron chi connectivity index (χ1n) is 10.0. The van der Waals surface area contributed by atoms with E-state index in [0.29, 0.717) is 6.04 Å². The summed E-state index contributed by atoms with van der Waals surface area (Å²) in [6, 6.07) is 9.89. The van der Waals surface area contributed by atoms with Crippen LogP contribution >= 0.6 is 0 Å². The molecule has 0 amide bonds. The fraction of sp³-hybridized carbons (Fsp3) is 0.650. The van der Waals surface area contributed by atoms with Crippen LogP contribution in [-0.2, 0) is 0 Å². The van der Waals surface area contributed by atoms with E-state index in [2.05, 4.69) is 43.9 Å². The molecule has 0 radical (unpaired) electrons. The topological polar surface area (TPSA) is 38.4 Å². The molecule has 3 aliphatic rings. The van der Waals surface area contributed by atoms with Gasteiger partial charge in [-0.3, -0.25) is 9.80 Å². The molecular weight excluding hydrogens is 310 g/mol. The van der Waals surface area contributed by atoms with Gasteiger partial charge in [-0.1, -0.05) is 31.4 Å². The van der Waals surface area contributed by atoms with Crippen LogP contribution < -0.4 is 4.90 Å². The van der Waals surface area contributed by atoms with Crippen molar-refractivity contribution in [2.24, 2.45) is 0 Å². The molecule has 0 bridgehead atoms. The molecule has 134 valence electrons. The Morgan fingerprint density at radius 2 is 1.52 bits per heavy atom. The van der Waals surface area contributed by atoms with Crippen molar-refractivity contribution in [3.63, 3.8) is 0 Å². The Balaban J connectivity index is 1.14. The predicted octanol–water partition coefficient (Wildman–Crippen LogP) is 2.70. The van der Waals surface area contributed by atoms with Crippen LogP contribution in [0.15, 0.2) is 24.3 Å². The Morgan fingerprint density at radius 3 is 2.24 bits per heavy atom. The zero-order chi connectivity index (χ0) is 16.6. The van der Waals surface area contributed by atoms with Crippen molar-refractivity contribution in [3.8, 4) is 0 Å². The van der Waals surface area contributed by atoms with E-state index < -0.39 is 0 Å². The van der Waals surface area contributed by atoms with Crippen molar-refractivity contribution < 1.29 is 0 Å². The molecule has 0 spiro atoms. The maximum Gasteiger partial charge on any atom is 0.203 e. The number of hydrogen-bond acceptors (Lipinski definition) is 4. The number of rotatable bonds is 3. The lowest BCUT2D eigenvalue weighted by Gasteiger charge is -2.49. The number of fused-ring (bicyclic) bond motifs is 1. The van der Waals surface area contributed by atoms with Crippen molar-refractivity contribution in [1.82, 2.24) is 19.8 Å². The molecule has 1 aromatic carbocycles. The first kappa shape index (κ1) is 15.6. The van der Waals surface area contributed by atoms with E-state index in [1.165, 1.54) is 58.3 Å². The van der Waals surface area contributed by atoms with Crippen molar-refractivity contribution in [2.75, 3.05) is 44.2 Å². The van der Waals surface area contributed by atoms with Crippen molar-refractivity contribution >= 4 is 17.0 Å². The van der Waals surface area contributed by atoms with Crippen LogP contribution in [0.5, 0.6) is 0 Å². The highest BCUT2D eigenvalue weighted by Gasteiger charge is 2.35. The Morgan fingerprint density at radius 1 is 0.840 bits per heavy atom. The summed E-state index contributed by atoms with van der Waals surface area (Å²) in [4.78, 5) is 16.1. The molecule has 25 heavy (non-hydrogen) atoms. The Kier molecular flexibility index (Phi) is 4.14. The number of anilines is 1. The van der Waals surface area contributed by atoms with Gasteiger partial charge in [-0.05, 0) is 25.0 Å². The Hall–Kier alpha value is -1.59. The largest absolute Gasteiger partial charge is 0.339 e. The highest BCUT2D eigenvalue weighted by atomic mass is 15.4. The van der Waals surface area contributed by atoms with Crippen molar-refractivity contribution in [3.05, 3.63) is 24.3 Å². The van der Waals surface area contributed by atoms with Crippen molar-refractivity contribution in [2.45, 2.75) is 44.2 Å². The van der Waals surface area contributed by atoms with Crippen LogP contribution in [0.2, 0.25) is 0 Å². The van der Waals surface area contributed by atoms with E-state index in [1.807, 2.05) is 0 Å². The van der Waals surface area contributed by atoms with Gasteiger partial charge in [0.1, 0.15) is 0 Å². The fourth-order valence-corrected chi connectivity index (χ4v) is 4.86. The molecule has 2 saturated heterocycles. The summed E-state index contributed by atoms with van der Waals surface area (Å²) in [5, 5.41) is 0. The molecular formula is C20H29N5. The van der Waals surface area contributed by atoms with E-state index in [0.717, 1.165) is 36.1 Å². The molecule has 2 aliphatic heterocycles. The highest BCUT2D eigenvalue weighted by molar-refractivity contribution is 5.77. The van der Waals surface area contributed by atoms with Gasteiger partial charge in [0.15, 0.2) is 0 Å². The molecule has 1 saturated carbocycles. The lowest BCUT2D eigenvalue weighted by molar-refractivity contribution is 0.0486. The van der Waals surface area contributed by atoms with Gasteiger partial charge in [0.05, 0.1) is 11.0 Å². The second-order valence-electron chi connectivity index (χ2n) is 8.00. The van der Waals surface area contributed by atoms with Gasteiger partial charge in [-0.15, -0.1) is 0 Å². The van der Waals surface area contributed by atoms with Gasteiger partial charge >= 0.3 is 0 Å². The number of para-hydroxylation sites is 2. The lowest BCUT2D eigenvalue weighted by atomic mass is 9.93. The Bertz CT molecular complexity index is 673. The average molecular weight is 339 g/mol. The standard InChI is InChI=1S/C20H29N5/c1-2-6-16(7-3-1)23-10-12-24(13-11-23)17-14-25(15-17)20-21-18-8-4-5-9-19(18)22-20/h4-5,8-9,16-17H,1-3,6-7,10-15H2,(H,21,22). The van der Waals surface area contributed by atoms with Gasteiger partial charge < -0.3 is 9.88 Å². The molecule has 5 rings (SSSR count). The van der Waals surface area contributed by atoms with Crippen molar-refractivity contribution in [1.29, 1.82) is 0 Å². The third kappa shape index (κ3) is 3.04. The number of H-pyrrole nitrogens is 1. The van der Waals surface area contributed by atoms with E-state index >= 15 is 0 Å². The van der Waals surface area contributed by atoms with Gasteiger partial charge in [-0.2, -0.15) is 0 Å². The van der Waals surface area contributed by atoms with Crippen LogP contribution in [0.3, 0.4) is 0 Å². The number of imidazole rings is 1. The quantitative estimate of drug-likeness (QED) is 0.933. The zero-order valence-electron chi connectivity index (χ0n) is 15.0. The summed E-state index contributed by atoms with van der Waals surface area (Å²) in [6.07, 6.45) is 7.21. The molecule has 0 atom stereocenters. The first-order valence-corrected chi connectivity index (χ1v) is 10.0. The second-order valence-corrected chi connectivity index (χ2v) is 8.00. The maximum absolute atomic E-state index is 4.73. The highest BCUT2D eigenvalue weighted by Crippen LogP contribution is 2.27. The molecule has 3 fully saturated rings. The number of benzene rings is 1. The van der Waals surface area contributed by atoms with Gasteiger partial charge in [0.2, 0.25) is 5.95 Å². The van der Waals surface area contributed by atoms with Gasteiger partial charge in [-0.25, -0.2) is 4.98 Å². The number of nitrogens with one attached hydrogen (secondary N) is 1. The molecule has 3 heterocycles. The number of piperazine rings is 1. The average Bonchev–Trinajstić information content (AvgIpc) is 3.05. The number of aromatic amines is 1. The normalized spacial score (nSPS) is 24.7. The lowest BCUT2D eigenvalue weighted by Crippen LogP contribution is -2.64. The van der Waals surface area contributed by atoms with Crippen LogP contribution in [-0.4, -0.2) is 71.1 Å². The smallest absolute Gasteiger partial charge is 0.203 e. The summed E-state index contributed by atoms with van der Waals surface area (Å²) in [5.74, 6) is 1.04.